The van der Waals surface area contributed by atoms with E-state index in [9.17, 15) is 19.2 Å². The molecule has 27 heavy (non-hydrogen) atoms. The number of β-amino-alcohol motifs (C(OH)–C–C–N with tert-alkyl or cyclic N) is 1. The van der Waals surface area contributed by atoms with Crippen LogP contribution in [0, 0.1) is 5.41 Å². The maximum atomic E-state index is 12.7. The van der Waals surface area contributed by atoms with Crippen molar-refractivity contribution in [2.45, 2.75) is 26.7 Å². The number of nitrogens with zero attached hydrogens (tertiary/aromatic N) is 1. The molecule has 1 heterocycles. The summed E-state index contributed by atoms with van der Waals surface area (Å²) in [7, 11) is 0. The van der Waals surface area contributed by atoms with Crippen LogP contribution in [-0.2, 0) is 31.9 Å². The van der Waals surface area contributed by atoms with Gasteiger partial charge < -0.3 is 14.6 Å². The second kappa shape index (κ2) is 7.11. The summed E-state index contributed by atoms with van der Waals surface area (Å²) in [6.07, 6.45) is -0.0100. The maximum absolute atomic E-state index is 12.7. The Morgan fingerprint density at radius 2 is 1.70 bits per heavy atom. The van der Waals surface area contributed by atoms with Crippen LogP contribution in [0.3, 0.4) is 0 Å². The van der Waals surface area contributed by atoms with E-state index in [0.717, 1.165) is 4.90 Å². The summed E-state index contributed by atoms with van der Waals surface area (Å²) in [6, 6.07) is 3.18. The van der Waals surface area contributed by atoms with Crippen molar-refractivity contribution in [2.24, 2.45) is 5.41 Å². The van der Waals surface area contributed by atoms with Crippen molar-refractivity contribution in [2.75, 3.05) is 26.4 Å². The van der Waals surface area contributed by atoms with E-state index in [1.165, 1.54) is 6.07 Å². The lowest BCUT2D eigenvalue weighted by atomic mass is 9.84. The zero-order valence-electron chi connectivity index (χ0n) is 15.2. The zero-order valence-corrected chi connectivity index (χ0v) is 15.2. The normalized spacial score (nSPS) is 16.9. The molecule has 0 spiro atoms. The van der Waals surface area contributed by atoms with Gasteiger partial charge >= 0.3 is 11.9 Å². The standard InChI is InChI=1S/C19H21NO7/c1-3-26-17(24)19(18(25)27-4-2)9-11-5-6-12-14(13(11)10-19)16(23)20(7-8-21)15(12)22/h5-6,21H,3-4,7-10H2,1-2H3. The van der Waals surface area contributed by atoms with Gasteiger partial charge in [-0.1, -0.05) is 6.07 Å². The minimum absolute atomic E-state index is 0.0503. The van der Waals surface area contributed by atoms with Gasteiger partial charge in [0.05, 0.1) is 37.5 Å². The monoisotopic (exact) mass is 375 g/mol. The van der Waals surface area contributed by atoms with Gasteiger partial charge in [0.2, 0.25) is 0 Å². The summed E-state index contributed by atoms with van der Waals surface area (Å²) in [4.78, 5) is 51.4. The molecular formula is C19H21NO7. The Bertz CT molecular complexity index is 812. The van der Waals surface area contributed by atoms with Gasteiger partial charge in [0.25, 0.3) is 11.8 Å². The van der Waals surface area contributed by atoms with Crippen molar-refractivity contribution in [1.82, 2.24) is 4.90 Å². The second-order valence-electron chi connectivity index (χ2n) is 6.49. The number of imide groups is 1. The van der Waals surface area contributed by atoms with Gasteiger partial charge in [0.1, 0.15) is 0 Å². The van der Waals surface area contributed by atoms with Crippen LogP contribution >= 0.6 is 0 Å². The van der Waals surface area contributed by atoms with Crippen LogP contribution in [0.2, 0.25) is 0 Å². The molecule has 0 unspecified atom stereocenters. The third-order valence-electron chi connectivity index (χ3n) is 4.97. The number of ether oxygens (including phenoxy) is 2. The highest BCUT2D eigenvalue weighted by Crippen LogP contribution is 2.43. The van der Waals surface area contributed by atoms with Crippen molar-refractivity contribution in [3.63, 3.8) is 0 Å². The van der Waals surface area contributed by atoms with Crippen molar-refractivity contribution in [1.29, 1.82) is 0 Å². The second-order valence-corrected chi connectivity index (χ2v) is 6.49. The maximum Gasteiger partial charge on any atom is 0.324 e. The largest absolute Gasteiger partial charge is 0.465 e. The number of carbonyl (C=O) groups excluding carboxylic acids is 4. The first-order chi connectivity index (χ1) is 12.9. The van der Waals surface area contributed by atoms with Crippen molar-refractivity contribution < 1.29 is 33.8 Å². The molecule has 0 saturated carbocycles. The predicted octanol–water partition coefficient (Wildman–Crippen LogP) is 0.486. The SMILES string of the molecule is CCOC(=O)C1(C(=O)OCC)Cc2ccc3c(c2C1)C(=O)N(CCO)C3=O. The molecule has 0 atom stereocenters. The first-order valence-corrected chi connectivity index (χ1v) is 8.87. The van der Waals surface area contributed by atoms with Crippen LogP contribution in [0.25, 0.3) is 0 Å². The highest BCUT2D eigenvalue weighted by Gasteiger charge is 2.55. The van der Waals surface area contributed by atoms with E-state index in [-0.39, 0.29) is 50.3 Å². The van der Waals surface area contributed by atoms with Gasteiger partial charge in [-0.05, 0) is 37.5 Å². The topological polar surface area (TPSA) is 110 Å². The first-order valence-electron chi connectivity index (χ1n) is 8.87. The molecule has 8 nitrogen and oxygen atoms in total. The molecule has 0 bridgehead atoms. The Morgan fingerprint density at radius 3 is 2.26 bits per heavy atom. The quantitative estimate of drug-likeness (QED) is 0.438. The molecule has 1 aliphatic heterocycles. The van der Waals surface area contributed by atoms with Gasteiger partial charge in [-0.2, -0.15) is 0 Å². The number of esters is 2. The van der Waals surface area contributed by atoms with Crippen molar-refractivity contribution in [3.05, 3.63) is 34.4 Å². The molecule has 1 aromatic rings. The minimum Gasteiger partial charge on any atom is -0.465 e. The zero-order chi connectivity index (χ0) is 19.8. The number of aliphatic hydroxyl groups is 1. The molecule has 0 aromatic heterocycles. The summed E-state index contributed by atoms with van der Waals surface area (Å²) in [5, 5.41) is 9.11. The first kappa shape index (κ1) is 19.0. The van der Waals surface area contributed by atoms with Crippen molar-refractivity contribution >= 4 is 23.8 Å². The Kier molecular flexibility index (Phi) is 5.01. The van der Waals surface area contributed by atoms with E-state index in [4.69, 9.17) is 14.6 Å². The van der Waals surface area contributed by atoms with E-state index in [1.54, 1.807) is 19.9 Å². The summed E-state index contributed by atoms with van der Waals surface area (Å²) in [5.74, 6) is -2.41. The number of hydrogen-bond acceptors (Lipinski definition) is 7. The summed E-state index contributed by atoms with van der Waals surface area (Å²) >= 11 is 0. The summed E-state index contributed by atoms with van der Waals surface area (Å²) < 4.78 is 10.2. The molecule has 1 aliphatic carbocycles. The van der Waals surface area contributed by atoms with E-state index < -0.39 is 29.2 Å². The molecule has 1 N–H and O–H groups in total. The lowest BCUT2D eigenvalue weighted by molar-refractivity contribution is -0.171. The van der Waals surface area contributed by atoms with Crippen molar-refractivity contribution in [3.8, 4) is 0 Å². The third-order valence-corrected chi connectivity index (χ3v) is 4.97. The number of carbonyl (C=O) groups is 4. The van der Waals surface area contributed by atoms with E-state index in [2.05, 4.69) is 0 Å². The smallest absolute Gasteiger partial charge is 0.324 e. The fourth-order valence-electron chi connectivity index (χ4n) is 3.76. The fraction of sp³-hybridized carbons (Fsp3) is 0.474. The molecule has 3 rings (SSSR count). The van der Waals surface area contributed by atoms with E-state index in [0.29, 0.717) is 11.1 Å². The van der Waals surface area contributed by atoms with Crippen LogP contribution in [0.15, 0.2) is 12.1 Å². The van der Waals surface area contributed by atoms with Gasteiger partial charge in [-0.3, -0.25) is 24.1 Å². The number of benzene rings is 1. The van der Waals surface area contributed by atoms with Gasteiger partial charge in [-0.25, -0.2) is 0 Å². The molecule has 8 heteroatoms. The molecule has 1 aromatic carbocycles. The highest BCUT2D eigenvalue weighted by atomic mass is 16.6. The molecule has 2 amide bonds. The van der Waals surface area contributed by atoms with E-state index >= 15 is 0 Å². The fourth-order valence-corrected chi connectivity index (χ4v) is 3.76. The molecule has 144 valence electrons. The number of fused-ring (bicyclic) bond motifs is 3. The van der Waals surface area contributed by atoms with Crippen LogP contribution in [0.5, 0.6) is 0 Å². The Hall–Kier alpha value is -2.74. The van der Waals surface area contributed by atoms with E-state index in [1.807, 2.05) is 0 Å². The number of aliphatic hydroxyl groups excluding tert-OH is 1. The lowest BCUT2D eigenvalue weighted by Crippen LogP contribution is -2.43. The average Bonchev–Trinajstić information content (AvgIpc) is 3.15. The number of hydrogen-bond donors (Lipinski definition) is 1. The Labute approximate surface area is 156 Å². The predicted molar refractivity (Wildman–Crippen MR) is 92.0 cm³/mol. The molecule has 0 radical (unpaired) electrons. The molecule has 2 aliphatic rings. The summed E-state index contributed by atoms with van der Waals surface area (Å²) in [5.41, 5.74) is -0.0107. The Balaban J connectivity index is 2.06. The minimum atomic E-state index is -1.56. The lowest BCUT2D eigenvalue weighted by Gasteiger charge is -2.24. The van der Waals surface area contributed by atoms with Gasteiger partial charge in [0, 0.05) is 6.42 Å². The van der Waals surface area contributed by atoms with Crippen LogP contribution in [0.4, 0.5) is 0 Å². The van der Waals surface area contributed by atoms with Gasteiger partial charge in [-0.15, -0.1) is 0 Å². The number of amides is 2. The van der Waals surface area contributed by atoms with Gasteiger partial charge in [0.15, 0.2) is 5.41 Å². The van der Waals surface area contributed by atoms with Crippen LogP contribution in [-0.4, -0.2) is 60.1 Å². The summed E-state index contributed by atoms with van der Waals surface area (Å²) in [6.45, 7) is 3.05. The number of rotatable bonds is 6. The average molecular weight is 375 g/mol. The highest BCUT2D eigenvalue weighted by molar-refractivity contribution is 6.22. The van der Waals surface area contributed by atoms with Crippen LogP contribution in [0.1, 0.15) is 45.7 Å². The Morgan fingerprint density at radius 1 is 1.07 bits per heavy atom. The third kappa shape index (κ3) is 2.80. The van der Waals surface area contributed by atoms with Crippen LogP contribution < -0.4 is 0 Å². The molecule has 0 fully saturated rings. The molecule has 0 saturated heterocycles. The molecular weight excluding hydrogens is 354 g/mol.